The second-order valence-electron chi connectivity index (χ2n) is 4.24. The van der Waals surface area contributed by atoms with Crippen LogP contribution in [0.15, 0.2) is 54.6 Å². The Morgan fingerprint density at radius 1 is 1.10 bits per heavy atom. The molecule has 0 aliphatic carbocycles. The summed E-state index contributed by atoms with van der Waals surface area (Å²) in [6, 6.07) is 14.3. The number of aliphatic hydroxyl groups is 1. The lowest BCUT2D eigenvalue weighted by molar-refractivity contribution is 0.175. The minimum absolute atomic E-state index is 0.0459. The van der Waals surface area contributed by atoms with E-state index in [1.165, 1.54) is 18.2 Å². The highest BCUT2D eigenvalue weighted by Gasteiger charge is 2.10. The molecule has 0 aliphatic heterocycles. The molecule has 104 valence electrons. The van der Waals surface area contributed by atoms with Gasteiger partial charge in [-0.2, -0.15) is 0 Å². The molecule has 2 aromatic rings. The molecule has 0 fully saturated rings. The fourth-order valence-electron chi connectivity index (χ4n) is 1.71. The maximum Gasteiger partial charge on any atom is 0.319 e. The van der Waals surface area contributed by atoms with E-state index in [0.29, 0.717) is 5.56 Å². The Kier molecular flexibility index (Phi) is 4.68. The summed E-state index contributed by atoms with van der Waals surface area (Å²) in [4.78, 5) is 11.6. The predicted octanol–water partition coefficient (Wildman–Crippen LogP) is 2.68. The molecule has 0 spiro atoms. The molecular formula is C15H15FN2O2. The normalized spacial score (nSPS) is 11.7. The maximum absolute atomic E-state index is 13.3. The van der Waals surface area contributed by atoms with Gasteiger partial charge in [-0.05, 0) is 17.7 Å². The van der Waals surface area contributed by atoms with E-state index in [2.05, 4.69) is 10.6 Å². The van der Waals surface area contributed by atoms with Crippen molar-refractivity contribution in [2.45, 2.75) is 6.10 Å². The highest BCUT2D eigenvalue weighted by molar-refractivity contribution is 5.89. The zero-order valence-corrected chi connectivity index (χ0v) is 10.7. The van der Waals surface area contributed by atoms with Gasteiger partial charge in [0.1, 0.15) is 5.82 Å². The molecule has 0 saturated carbocycles. The highest BCUT2D eigenvalue weighted by Crippen LogP contribution is 2.13. The highest BCUT2D eigenvalue weighted by atomic mass is 19.1. The van der Waals surface area contributed by atoms with Gasteiger partial charge < -0.3 is 15.7 Å². The Morgan fingerprint density at radius 2 is 1.75 bits per heavy atom. The van der Waals surface area contributed by atoms with Crippen LogP contribution in [0.1, 0.15) is 11.7 Å². The van der Waals surface area contributed by atoms with Crippen LogP contribution in [0.4, 0.5) is 14.9 Å². The second kappa shape index (κ2) is 6.68. The van der Waals surface area contributed by atoms with E-state index >= 15 is 0 Å². The van der Waals surface area contributed by atoms with Gasteiger partial charge in [0.2, 0.25) is 0 Å². The Morgan fingerprint density at radius 3 is 2.45 bits per heavy atom. The summed E-state index contributed by atoms with van der Waals surface area (Å²) < 4.78 is 13.3. The average molecular weight is 274 g/mol. The Hall–Kier alpha value is -2.40. The number of benzene rings is 2. The van der Waals surface area contributed by atoms with Crippen LogP contribution in [0.25, 0.3) is 0 Å². The van der Waals surface area contributed by atoms with Gasteiger partial charge in [0.05, 0.1) is 11.8 Å². The number of anilines is 1. The van der Waals surface area contributed by atoms with Crippen molar-refractivity contribution in [3.63, 3.8) is 0 Å². The Bertz CT molecular complexity index is 575. The number of para-hydroxylation sites is 1. The third-order valence-corrected chi connectivity index (χ3v) is 2.76. The summed E-state index contributed by atoms with van der Waals surface area (Å²) in [7, 11) is 0. The van der Waals surface area contributed by atoms with Crippen molar-refractivity contribution in [1.29, 1.82) is 0 Å². The van der Waals surface area contributed by atoms with Gasteiger partial charge >= 0.3 is 6.03 Å². The van der Waals surface area contributed by atoms with E-state index < -0.39 is 18.0 Å². The van der Waals surface area contributed by atoms with Crippen molar-refractivity contribution in [2.75, 3.05) is 11.9 Å². The number of carbonyl (C=O) groups is 1. The standard InChI is InChI=1S/C15H15FN2O2/c16-12-8-4-5-9-13(12)18-15(20)17-10-14(19)11-6-2-1-3-7-11/h1-9,14,19H,10H2,(H2,17,18,20). The van der Waals surface area contributed by atoms with Gasteiger partial charge in [0.25, 0.3) is 0 Å². The van der Waals surface area contributed by atoms with E-state index in [-0.39, 0.29) is 12.2 Å². The molecule has 0 radical (unpaired) electrons. The molecule has 2 amide bonds. The van der Waals surface area contributed by atoms with Crippen LogP contribution in [-0.4, -0.2) is 17.7 Å². The Balaban J connectivity index is 1.85. The van der Waals surface area contributed by atoms with Crippen LogP contribution in [-0.2, 0) is 0 Å². The molecule has 0 heterocycles. The third-order valence-electron chi connectivity index (χ3n) is 2.76. The average Bonchev–Trinajstić information content (AvgIpc) is 2.48. The van der Waals surface area contributed by atoms with Crippen molar-refractivity contribution in [1.82, 2.24) is 5.32 Å². The van der Waals surface area contributed by atoms with Crippen molar-refractivity contribution < 1.29 is 14.3 Å². The second-order valence-corrected chi connectivity index (χ2v) is 4.24. The summed E-state index contributed by atoms with van der Waals surface area (Å²) in [5, 5.41) is 14.7. The van der Waals surface area contributed by atoms with E-state index in [9.17, 15) is 14.3 Å². The number of urea groups is 1. The number of aliphatic hydroxyl groups excluding tert-OH is 1. The van der Waals surface area contributed by atoms with E-state index in [4.69, 9.17) is 0 Å². The minimum atomic E-state index is -0.803. The fourth-order valence-corrected chi connectivity index (χ4v) is 1.71. The lowest BCUT2D eigenvalue weighted by atomic mass is 10.1. The molecule has 3 N–H and O–H groups in total. The van der Waals surface area contributed by atoms with Crippen molar-refractivity contribution in [3.05, 3.63) is 66.0 Å². The molecule has 2 rings (SSSR count). The minimum Gasteiger partial charge on any atom is -0.387 e. The first kappa shape index (κ1) is 14.0. The number of hydrogen-bond donors (Lipinski definition) is 3. The van der Waals surface area contributed by atoms with Gasteiger partial charge in [-0.25, -0.2) is 9.18 Å². The lowest BCUT2D eigenvalue weighted by Crippen LogP contribution is -2.32. The molecule has 1 atom stereocenters. The SMILES string of the molecule is O=C(NCC(O)c1ccccc1)Nc1ccccc1F. The van der Waals surface area contributed by atoms with Gasteiger partial charge in [-0.3, -0.25) is 0 Å². The largest absolute Gasteiger partial charge is 0.387 e. The van der Waals surface area contributed by atoms with E-state index in [1.54, 1.807) is 30.3 Å². The van der Waals surface area contributed by atoms with Crippen molar-refractivity contribution in [2.24, 2.45) is 0 Å². The monoisotopic (exact) mass is 274 g/mol. The quantitative estimate of drug-likeness (QED) is 0.802. The van der Waals surface area contributed by atoms with Crippen LogP contribution in [0.3, 0.4) is 0 Å². The zero-order chi connectivity index (χ0) is 14.4. The number of nitrogens with one attached hydrogen (secondary N) is 2. The molecule has 0 bridgehead atoms. The fraction of sp³-hybridized carbons (Fsp3) is 0.133. The van der Waals surface area contributed by atoms with Gasteiger partial charge in [-0.15, -0.1) is 0 Å². The van der Waals surface area contributed by atoms with Crippen molar-refractivity contribution in [3.8, 4) is 0 Å². The summed E-state index contributed by atoms with van der Waals surface area (Å²) >= 11 is 0. The summed E-state index contributed by atoms with van der Waals surface area (Å²) in [5.41, 5.74) is 0.804. The molecule has 0 aromatic heterocycles. The molecule has 4 nitrogen and oxygen atoms in total. The first-order valence-corrected chi connectivity index (χ1v) is 6.19. The predicted molar refractivity (Wildman–Crippen MR) is 74.8 cm³/mol. The number of halogens is 1. The summed E-state index contributed by atoms with van der Waals surface area (Å²) in [5.74, 6) is -0.508. The molecule has 0 aliphatic rings. The summed E-state index contributed by atoms with van der Waals surface area (Å²) in [6.45, 7) is 0.0459. The summed E-state index contributed by atoms with van der Waals surface area (Å²) in [6.07, 6.45) is -0.803. The topological polar surface area (TPSA) is 61.4 Å². The van der Waals surface area contributed by atoms with E-state index in [0.717, 1.165) is 0 Å². The molecule has 2 aromatic carbocycles. The Labute approximate surface area is 116 Å². The molecule has 1 unspecified atom stereocenters. The number of hydrogen-bond acceptors (Lipinski definition) is 2. The molecule has 20 heavy (non-hydrogen) atoms. The van der Waals surface area contributed by atoms with Crippen LogP contribution in [0.2, 0.25) is 0 Å². The number of rotatable bonds is 4. The zero-order valence-electron chi connectivity index (χ0n) is 10.7. The van der Waals surface area contributed by atoms with Crippen molar-refractivity contribution >= 4 is 11.7 Å². The molecule has 0 saturated heterocycles. The van der Waals surface area contributed by atoms with Crippen LogP contribution >= 0.6 is 0 Å². The van der Waals surface area contributed by atoms with Crippen LogP contribution in [0.5, 0.6) is 0 Å². The maximum atomic E-state index is 13.3. The molecular weight excluding hydrogens is 259 g/mol. The van der Waals surface area contributed by atoms with Gasteiger partial charge in [0.15, 0.2) is 0 Å². The van der Waals surface area contributed by atoms with Crippen LogP contribution in [0, 0.1) is 5.82 Å². The third kappa shape index (κ3) is 3.80. The molecule has 5 heteroatoms. The number of carbonyl (C=O) groups excluding carboxylic acids is 1. The first-order valence-electron chi connectivity index (χ1n) is 6.19. The van der Waals surface area contributed by atoms with Gasteiger partial charge in [-0.1, -0.05) is 42.5 Å². The first-order chi connectivity index (χ1) is 9.66. The smallest absolute Gasteiger partial charge is 0.319 e. The lowest BCUT2D eigenvalue weighted by Gasteiger charge is -2.13. The van der Waals surface area contributed by atoms with E-state index in [1.807, 2.05) is 6.07 Å². The van der Waals surface area contributed by atoms with Gasteiger partial charge in [0, 0.05) is 6.54 Å². The number of amides is 2. The van der Waals surface area contributed by atoms with Crippen LogP contribution < -0.4 is 10.6 Å².